The molecule has 8 heteroatoms. The molecule has 2 aliphatic rings. The Labute approximate surface area is 210 Å². The molecule has 2 aliphatic heterocycles. The average Bonchev–Trinajstić information content (AvgIpc) is 3.48. The van der Waals surface area contributed by atoms with Crippen LogP contribution >= 0.6 is 11.3 Å². The minimum absolute atomic E-state index is 0.0196. The van der Waals surface area contributed by atoms with E-state index in [9.17, 15) is 9.59 Å². The van der Waals surface area contributed by atoms with Gasteiger partial charge in [-0.05, 0) is 29.9 Å². The third kappa shape index (κ3) is 5.82. The molecule has 0 bridgehead atoms. The van der Waals surface area contributed by atoms with E-state index in [1.807, 2.05) is 56.4 Å². The Balaban J connectivity index is 1.24. The van der Waals surface area contributed by atoms with Gasteiger partial charge in [0.25, 0.3) is 5.91 Å². The predicted molar refractivity (Wildman–Crippen MR) is 138 cm³/mol. The fourth-order valence-electron chi connectivity index (χ4n) is 4.92. The van der Waals surface area contributed by atoms with E-state index in [1.54, 1.807) is 11.3 Å². The predicted octanol–water partition coefficient (Wildman–Crippen LogP) is 3.82. The fraction of sp³-hybridized carbons (Fsp3) is 0.444. The second kappa shape index (κ2) is 11.2. The molecule has 0 saturated carbocycles. The van der Waals surface area contributed by atoms with Crippen LogP contribution in [-0.2, 0) is 11.3 Å². The summed E-state index contributed by atoms with van der Waals surface area (Å²) in [7, 11) is 0. The second-order valence-corrected chi connectivity index (χ2v) is 10.4. The first-order chi connectivity index (χ1) is 17.2. The molecular weight excluding hydrogens is 458 g/mol. The van der Waals surface area contributed by atoms with E-state index in [-0.39, 0.29) is 11.8 Å². The van der Waals surface area contributed by atoms with E-state index >= 15 is 0 Å². The van der Waals surface area contributed by atoms with Crippen molar-refractivity contribution in [2.45, 2.75) is 32.2 Å². The number of rotatable bonds is 6. The van der Waals surface area contributed by atoms with Crippen molar-refractivity contribution in [3.63, 3.8) is 0 Å². The van der Waals surface area contributed by atoms with Gasteiger partial charge in [-0.25, -0.2) is 0 Å². The van der Waals surface area contributed by atoms with E-state index in [0.717, 1.165) is 55.2 Å². The van der Waals surface area contributed by atoms with Crippen molar-refractivity contribution in [3.05, 3.63) is 65.2 Å². The molecular formula is C27H33N5O2S. The number of amides is 2. The number of thiophene rings is 1. The molecule has 5 rings (SSSR count). The summed E-state index contributed by atoms with van der Waals surface area (Å²) in [6.07, 6.45) is 6.55. The van der Waals surface area contributed by atoms with Gasteiger partial charge in [0.2, 0.25) is 5.91 Å². The van der Waals surface area contributed by atoms with Crippen molar-refractivity contribution < 1.29 is 9.59 Å². The molecule has 0 N–H and O–H groups in total. The van der Waals surface area contributed by atoms with Crippen molar-refractivity contribution in [2.24, 2.45) is 0 Å². The molecule has 0 spiro atoms. The lowest BCUT2D eigenvalue weighted by molar-refractivity contribution is -0.132. The Bertz CT molecular complexity index is 1110. The average molecular weight is 492 g/mol. The van der Waals surface area contributed by atoms with E-state index in [0.29, 0.717) is 31.7 Å². The van der Waals surface area contributed by atoms with Crippen LogP contribution in [0.1, 0.15) is 41.6 Å². The van der Waals surface area contributed by atoms with Gasteiger partial charge in [0.15, 0.2) is 0 Å². The van der Waals surface area contributed by atoms with Crippen molar-refractivity contribution >= 4 is 23.2 Å². The zero-order valence-corrected chi connectivity index (χ0v) is 21.0. The standard InChI is InChI=1S/C27H33N5O2S/c33-25(30-12-6-1-2-7-13-30)21-29-14-16-31(17-15-29)27(34)23-20-32(19-22-9-4-3-5-10-22)28-26(23)24-11-8-18-35-24/h3-5,8-11,18,20H,1-2,6-7,12-17,19,21H2. The van der Waals surface area contributed by atoms with Gasteiger partial charge in [0.05, 0.1) is 23.5 Å². The number of benzene rings is 1. The van der Waals surface area contributed by atoms with Gasteiger partial charge in [-0.1, -0.05) is 49.2 Å². The van der Waals surface area contributed by atoms with E-state index in [4.69, 9.17) is 5.10 Å². The van der Waals surface area contributed by atoms with Crippen LogP contribution in [0, 0.1) is 0 Å². The van der Waals surface area contributed by atoms with Crippen LogP contribution in [0.3, 0.4) is 0 Å². The molecule has 2 saturated heterocycles. The number of nitrogens with zero attached hydrogens (tertiary/aromatic N) is 5. The number of carbonyl (C=O) groups is 2. The quantitative estimate of drug-likeness (QED) is 0.526. The summed E-state index contributed by atoms with van der Waals surface area (Å²) < 4.78 is 1.87. The van der Waals surface area contributed by atoms with E-state index in [2.05, 4.69) is 17.0 Å². The third-order valence-electron chi connectivity index (χ3n) is 6.91. The van der Waals surface area contributed by atoms with Crippen LogP contribution in [0.15, 0.2) is 54.0 Å². The Morgan fingerprint density at radius 3 is 2.26 bits per heavy atom. The summed E-state index contributed by atoms with van der Waals surface area (Å²) in [4.78, 5) is 33.5. The van der Waals surface area contributed by atoms with Gasteiger partial charge >= 0.3 is 0 Å². The van der Waals surface area contributed by atoms with Crippen molar-refractivity contribution in [1.82, 2.24) is 24.5 Å². The third-order valence-corrected chi connectivity index (χ3v) is 7.79. The largest absolute Gasteiger partial charge is 0.342 e. The van der Waals surface area contributed by atoms with Crippen LogP contribution in [0.2, 0.25) is 0 Å². The minimum atomic E-state index is 0.0196. The highest BCUT2D eigenvalue weighted by atomic mass is 32.1. The highest BCUT2D eigenvalue weighted by Gasteiger charge is 2.28. The lowest BCUT2D eigenvalue weighted by atomic mass is 10.1. The number of carbonyl (C=O) groups excluding carboxylic acids is 2. The van der Waals surface area contributed by atoms with Crippen LogP contribution in [0.4, 0.5) is 0 Å². The Morgan fingerprint density at radius 2 is 1.57 bits per heavy atom. The Morgan fingerprint density at radius 1 is 0.829 bits per heavy atom. The van der Waals surface area contributed by atoms with Crippen LogP contribution in [-0.4, -0.2) is 82.1 Å². The van der Waals surface area contributed by atoms with Crippen molar-refractivity contribution in [1.29, 1.82) is 0 Å². The summed E-state index contributed by atoms with van der Waals surface area (Å²) in [5, 5.41) is 6.81. The Kier molecular flexibility index (Phi) is 7.59. The molecule has 7 nitrogen and oxygen atoms in total. The maximum Gasteiger partial charge on any atom is 0.257 e. The first-order valence-corrected chi connectivity index (χ1v) is 13.5. The van der Waals surface area contributed by atoms with Gasteiger partial charge in [-0.2, -0.15) is 5.10 Å². The molecule has 3 aromatic rings. The lowest BCUT2D eigenvalue weighted by Gasteiger charge is -2.35. The SMILES string of the molecule is O=C(CN1CCN(C(=O)c2cn(Cc3ccccc3)nc2-c2cccs2)CC1)N1CCCCCC1. The number of aromatic nitrogens is 2. The summed E-state index contributed by atoms with van der Waals surface area (Å²) in [6.45, 7) is 5.54. The van der Waals surface area contributed by atoms with Crippen LogP contribution in [0.25, 0.3) is 10.6 Å². The smallest absolute Gasteiger partial charge is 0.257 e. The number of hydrogen-bond donors (Lipinski definition) is 0. The topological polar surface area (TPSA) is 61.7 Å². The van der Waals surface area contributed by atoms with E-state index < -0.39 is 0 Å². The number of hydrogen-bond acceptors (Lipinski definition) is 5. The minimum Gasteiger partial charge on any atom is -0.342 e. The molecule has 0 unspecified atom stereocenters. The van der Waals surface area contributed by atoms with Crippen LogP contribution < -0.4 is 0 Å². The molecule has 0 radical (unpaired) electrons. The summed E-state index contributed by atoms with van der Waals surface area (Å²) >= 11 is 1.60. The summed E-state index contributed by atoms with van der Waals surface area (Å²) in [5.41, 5.74) is 2.55. The molecule has 35 heavy (non-hydrogen) atoms. The molecule has 1 aromatic carbocycles. The summed E-state index contributed by atoms with van der Waals surface area (Å²) in [5.74, 6) is 0.250. The van der Waals surface area contributed by atoms with E-state index in [1.165, 1.54) is 12.8 Å². The first-order valence-electron chi connectivity index (χ1n) is 12.6. The van der Waals surface area contributed by atoms with Crippen molar-refractivity contribution in [2.75, 3.05) is 45.8 Å². The fourth-order valence-corrected chi connectivity index (χ4v) is 5.64. The summed E-state index contributed by atoms with van der Waals surface area (Å²) in [6, 6.07) is 14.2. The molecule has 4 heterocycles. The zero-order chi connectivity index (χ0) is 24.0. The van der Waals surface area contributed by atoms with Gasteiger partial charge < -0.3 is 9.80 Å². The van der Waals surface area contributed by atoms with Gasteiger partial charge in [-0.3, -0.25) is 19.2 Å². The highest BCUT2D eigenvalue weighted by Crippen LogP contribution is 2.28. The Hall–Kier alpha value is -2.97. The lowest BCUT2D eigenvalue weighted by Crippen LogP contribution is -2.51. The number of likely N-dealkylation sites (tertiary alicyclic amines) is 1. The second-order valence-electron chi connectivity index (χ2n) is 9.42. The monoisotopic (exact) mass is 491 g/mol. The molecule has 2 aromatic heterocycles. The van der Waals surface area contributed by atoms with Gasteiger partial charge in [0.1, 0.15) is 5.69 Å². The molecule has 184 valence electrons. The molecule has 2 amide bonds. The van der Waals surface area contributed by atoms with Crippen molar-refractivity contribution in [3.8, 4) is 10.6 Å². The van der Waals surface area contributed by atoms with Gasteiger partial charge in [-0.15, -0.1) is 11.3 Å². The van der Waals surface area contributed by atoms with Crippen LogP contribution in [0.5, 0.6) is 0 Å². The first kappa shape index (κ1) is 23.8. The maximum atomic E-state index is 13.6. The molecule has 2 fully saturated rings. The molecule has 0 aliphatic carbocycles. The number of piperazine rings is 1. The molecule has 0 atom stereocenters. The zero-order valence-electron chi connectivity index (χ0n) is 20.1. The van der Waals surface area contributed by atoms with Gasteiger partial charge in [0, 0.05) is 45.5 Å². The highest BCUT2D eigenvalue weighted by molar-refractivity contribution is 7.13. The maximum absolute atomic E-state index is 13.6. The normalized spacial score (nSPS) is 17.4.